The standard InChI is InChI=1S/C21H24F3N3O/c1-26-10-8-19(9-11-26)25-21(28)27(13-15-2-5-17(22)6-3-15)14-16-4-7-18(23)12-20(16)24/h2-7,12,19H,8-11,13-14H2,1H3,(H,25,28). The number of benzene rings is 2. The van der Waals surface area contributed by atoms with Gasteiger partial charge in [0.25, 0.3) is 0 Å². The van der Waals surface area contributed by atoms with E-state index in [-0.39, 0.29) is 36.5 Å². The van der Waals surface area contributed by atoms with Crippen LogP contribution in [-0.4, -0.2) is 42.0 Å². The number of amides is 2. The van der Waals surface area contributed by atoms with Gasteiger partial charge >= 0.3 is 6.03 Å². The number of nitrogens with zero attached hydrogens (tertiary/aromatic N) is 2. The van der Waals surface area contributed by atoms with Crippen molar-refractivity contribution in [2.24, 2.45) is 0 Å². The predicted octanol–water partition coefficient (Wildman–Crippen LogP) is 3.91. The maximum atomic E-state index is 14.1. The minimum Gasteiger partial charge on any atom is -0.335 e. The zero-order valence-electron chi connectivity index (χ0n) is 15.8. The van der Waals surface area contributed by atoms with E-state index in [4.69, 9.17) is 0 Å². The highest BCUT2D eigenvalue weighted by Gasteiger charge is 2.22. The zero-order valence-corrected chi connectivity index (χ0v) is 15.8. The van der Waals surface area contributed by atoms with Crippen molar-refractivity contribution < 1.29 is 18.0 Å². The Morgan fingerprint density at radius 1 is 1.04 bits per heavy atom. The molecule has 0 saturated carbocycles. The fraction of sp³-hybridized carbons (Fsp3) is 0.381. The van der Waals surface area contributed by atoms with Crippen LogP contribution in [0.5, 0.6) is 0 Å². The summed E-state index contributed by atoms with van der Waals surface area (Å²) in [6.45, 7) is 1.97. The van der Waals surface area contributed by atoms with Gasteiger partial charge in [0, 0.05) is 24.2 Å². The number of carbonyl (C=O) groups excluding carboxylic acids is 1. The van der Waals surface area contributed by atoms with Gasteiger partial charge in [-0.05, 0) is 56.7 Å². The highest BCUT2D eigenvalue weighted by Crippen LogP contribution is 2.16. The lowest BCUT2D eigenvalue weighted by molar-refractivity contribution is 0.175. The van der Waals surface area contributed by atoms with E-state index < -0.39 is 11.6 Å². The average molecular weight is 391 g/mol. The topological polar surface area (TPSA) is 35.6 Å². The molecule has 4 nitrogen and oxygen atoms in total. The second-order valence-electron chi connectivity index (χ2n) is 7.25. The molecule has 1 N–H and O–H groups in total. The average Bonchev–Trinajstić information content (AvgIpc) is 2.66. The summed E-state index contributed by atoms with van der Waals surface area (Å²) in [4.78, 5) is 16.5. The van der Waals surface area contributed by atoms with Gasteiger partial charge in [0.15, 0.2) is 0 Å². The molecule has 0 bridgehead atoms. The van der Waals surface area contributed by atoms with Crippen LogP contribution < -0.4 is 5.32 Å². The molecule has 7 heteroatoms. The van der Waals surface area contributed by atoms with Gasteiger partial charge in [-0.3, -0.25) is 0 Å². The molecule has 0 aliphatic carbocycles. The first kappa shape index (κ1) is 20.2. The van der Waals surface area contributed by atoms with E-state index in [9.17, 15) is 18.0 Å². The predicted molar refractivity (Wildman–Crippen MR) is 101 cm³/mol. The van der Waals surface area contributed by atoms with Crippen LogP contribution in [0.15, 0.2) is 42.5 Å². The van der Waals surface area contributed by atoms with Crippen LogP contribution in [0.4, 0.5) is 18.0 Å². The number of hydrogen-bond donors (Lipinski definition) is 1. The normalized spacial score (nSPS) is 15.4. The quantitative estimate of drug-likeness (QED) is 0.839. The number of likely N-dealkylation sites (tertiary alicyclic amines) is 1. The van der Waals surface area contributed by atoms with E-state index in [1.807, 2.05) is 7.05 Å². The zero-order chi connectivity index (χ0) is 20.1. The van der Waals surface area contributed by atoms with E-state index in [2.05, 4.69) is 10.2 Å². The van der Waals surface area contributed by atoms with Gasteiger partial charge in [-0.2, -0.15) is 0 Å². The van der Waals surface area contributed by atoms with E-state index in [0.29, 0.717) is 0 Å². The highest BCUT2D eigenvalue weighted by molar-refractivity contribution is 5.74. The highest BCUT2D eigenvalue weighted by atomic mass is 19.1. The van der Waals surface area contributed by atoms with Crippen LogP contribution in [0.2, 0.25) is 0 Å². The largest absolute Gasteiger partial charge is 0.335 e. The fourth-order valence-electron chi connectivity index (χ4n) is 3.28. The van der Waals surface area contributed by atoms with Crippen molar-refractivity contribution in [1.82, 2.24) is 15.1 Å². The van der Waals surface area contributed by atoms with Gasteiger partial charge in [-0.15, -0.1) is 0 Å². The number of nitrogens with one attached hydrogen (secondary N) is 1. The van der Waals surface area contributed by atoms with Gasteiger partial charge in [-0.25, -0.2) is 18.0 Å². The third kappa shape index (κ3) is 5.48. The molecule has 0 aromatic heterocycles. The Morgan fingerprint density at radius 3 is 2.32 bits per heavy atom. The smallest absolute Gasteiger partial charge is 0.318 e. The Morgan fingerprint density at radius 2 is 1.68 bits per heavy atom. The van der Waals surface area contributed by atoms with E-state index in [1.165, 1.54) is 29.2 Å². The van der Waals surface area contributed by atoms with Gasteiger partial charge in [-0.1, -0.05) is 18.2 Å². The summed E-state index contributed by atoms with van der Waals surface area (Å²) < 4.78 is 40.5. The fourth-order valence-corrected chi connectivity index (χ4v) is 3.28. The molecule has 1 heterocycles. The summed E-state index contributed by atoms with van der Waals surface area (Å²) in [5.74, 6) is -1.73. The molecule has 1 aliphatic rings. The first-order chi connectivity index (χ1) is 13.4. The van der Waals surface area contributed by atoms with Gasteiger partial charge in [0.1, 0.15) is 17.5 Å². The summed E-state index contributed by atoms with van der Waals surface area (Å²) >= 11 is 0. The van der Waals surface area contributed by atoms with Crippen LogP contribution in [0, 0.1) is 17.5 Å². The Balaban J connectivity index is 1.74. The summed E-state index contributed by atoms with van der Waals surface area (Å²) in [6.07, 6.45) is 1.69. The Bertz CT molecular complexity index is 805. The lowest BCUT2D eigenvalue weighted by Crippen LogP contribution is -2.48. The van der Waals surface area contributed by atoms with Crippen LogP contribution in [0.25, 0.3) is 0 Å². The van der Waals surface area contributed by atoms with Crippen LogP contribution in [0.3, 0.4) is 0 Å². The number of rotatable bonds is 5. The molecule has 1 aliphatic heterocycles. The number of carbonyl (C=O) groups is 1. The molecular weight excluding hydrogens is 367 g/mol. The maximum absolute atomic E-state index is 14.1. The number of urea groups is 1. The SMILES string of the molecule is CN1CCC(NC(=O)N(Cc2ccc(F)cc2)Cc2ccc(F)cc2F)CC1. The minimum absolute atomic E-state index is 0.0120. The maximum Gasteiger partial charge on any atom is 0.318 e. The van der Waals surface area contributed by atoms with E-state index >= 15 is 0 Å². The molecule has 1 saturated heterocycles. The molecule has 2 amide bonds. The molecule has 0 radical (unpaired) electrons. The Labute approximate surface area is 162 Å². The summed E-state index contributed by atoms with van der Waals surface area (Å²) in [7, 11) is 2.04. The van der Waals surface area contributed by atoms with Gasteiger partial charge in [0.2, 0.25) is 0 Å². The first-order valence-electron chi connectivity index (χ1n) is 9.33. The van der Waals surface area contributed by atoms with Crippen molar-refractivity contribution >= 4 is 6.03 Å². The molecule has 0 spiro atoms. The Hall–Kier alpha value is -2.54. The van der Waals surface area contributed by atoms with Crippen molar-refractivity contribution in [3.8, 4) is 0 Å². The molecule has 3 rings (SSSR count). The third-order valence-corrected chi connectivity index (χ3v) is 5.00. The summed E-state index contributed by atoms with van der Waals surface area (Å²) in [6, 6.07) is 8.87. The second kappa shape index (κ2) is 9.10. The van der Waals surface area contributed by atoms with Crippen LogP contribution in [0.1, 0.15) is 24.0 Å². The lowest BCUT2D eigenvalue weighted by Gasteiger charge is -2.32. The molecule has 0 unspecified atom stereocenters. The van der Waals surface area contributed by atoms with Crippen LogP contribution >= 0.6 is 0 Å². The molecule has 2 aromatic carbocycles. The Kier molecular flexibility index (Phi) is 6.57. The first-order valence-corrected chi connectivity index (χ1v) is 9.33. The van der Waals surface area contributed by atoms with E-state index in [0.717, 1.165) is 37.6 Å². The molecule has 2 aromatic rings. The number of hydrogen-bond acceptors (Lipinski definition) is 2. The minimum atomic E-state index is -0.698. The van der Waals surface area contributed by atoms with Crippen molar-refractivity contribution in [1.29, 1.82) is 0 Å². The third-order valence-electron chi connectivity index (χ3n) is 5.00. The summed E-state index contributed by atoms with van der Waals surface area (Å²) in [5.41, 5.74) is 0.949. The van der Waals surface area contributed by atoms with Crippen molar-refractivity contribution in [3.05, 3.63) is 71.0 Å². The summed E-state index contributed by atoms with van der Waals surface area (Å²) in [5, 5.41) is 3.01. The van der Waals surface area contributed by atoms with Crippen molar-refractivity contribution in [3.63, 3.8) is 0 Å². The van der Waals surface area contributed by atoms with Crippen LogP contribution in [-0.2, 0) is 13.1 Å². The molecule has 1 fully saturated rings. The van der Waals surface area contributed by atoms with Gasteiger partial charge in [0.05, 0.1) is 6.54 Å². The molecule has 150 valence electrons. The van der Waals surface area contributed by atoms with E-state index in [1.54, 1.807) is 12.1 Å². The van der Waals surface area contributed by atoms with Crippen molar-refractivity contribution in [2.45, 2.75) is 32.0 Å². The van der Waals surface area contributed by atoms with Crippen molar-refractivity contribution in [2.75, 3.05) is 20.1 Å². The number of piperidine rings is 1. The monoisotopic (exact) mass is 391 g/mol. The van der Waals surface area contributed by atoms with Gasteiger partial charge < -0.3 is 15.1 Å². The molecule has 28 heavy (non-hydrogen) atoms. The number of halogens is 3. The second-order valence-corrected chi connectivity index (χ2v) is 7.25. The molecular formula is C21H24F3N3O. The molecule has 0 atom stereocenters. The lowest BCUT2D eigenvalue weighted by atomic mass is 10.1.